The van der Waals surface area contributed by atoms with Gasteiger partial charge in [0, 0.05) is 0 Å². The van der Waals surface area contributed by atoms with E-state index in [2.05, 4.69) is 19.9 Å². The van der Waals surface area contributed by atoms with E-state index in [0.29, 0.717) is 22.1 Å². The Morgan fingerprint density at radius 3 is 1.10 bits per heavy atom. The first-order chi connectivity index (χ1) is 14.0. The number of hydrogen-bond acceptors (Lipinski definition) is 8. The highest BCUT2D eigenvalue weighted by atomic mass is 35.5. The van der Waals surface area contributed by atoms with Gasteiger partial charge >= 0.3 is 0 Å². The minimum absolute atomic E-state index is 0.212. The lowest BCUT2D eigenvalue weighted by atomic mass is 10.3. The summed E-state index contributed by atoms with van der Waals surface area (Å²) < 4.78 is 44.4. The van der Waals surface area contributed by atoms with Gasteiger partial charge < -0.3 is 0 Å². The maximum atomic E-state index is 11.1. The van der Waals surface area contributed by atoms with Crippen LogP contribution < -0.4 is 10.3 Å². The molecule has 14 heteroatoms. The molecule has 2 aromatic carbocycles. The van der Waals surface area contributed by atoms with Gasteiger partial charge in [-0.3, -0.25) is 0 Å². The van der Waals surface area contributed by atoms with E-state index in [1.165, 1.54) is 0 Å². The first kappa shape index (κ1) is 22.2. The van der Waals surface area contributed by atoms with Gasteiger partial charge in [-0.15, -0.1) is 0 Å². The molecule has 10 nitrogen and oxygen atoms in total. The number of fused-ring (bicyclic) bond motifs is 2. The van der Waals surface area contributed by atoms with Crippen LogP contribution in [-0.4, -0.2) is 36.8 Å². The second kappa shape index (κ2) is 8.34. The molecule has 0 amide bonds. The molecule has 0 aliphatic carbocycles. The molecule has 4 aromatic rings. The highest BCUT2D eigenvalue weighted by Gasteiger charge is 2.18. The fourth-order valence-corrected chi connectivity index (χ4v) is 4.21. The summed E-state index contributed by atoms with van der Waals surface area (Å²) in [5.74, 6) is 0. The van der Waals surface area contributed by atoms with Gasteiger partial charge in [-0.1, -0.05) is 47.5 Å². The van der Waals surface area contributed by atoms with Crippen LogP contribution in [0.4, 0.5) is 0 Å². The molecule has 4 rings (SSSR count). The van der Waals surface area contributed by atoms with Crippen LogP contribution in [0.2, 0.25) is 10.3 Å². The minimum Gasteiger partial charge on any atom is -0.231 e. The van der Waals surface area contributed by atoms with Crippen molar-refractivity contribution in [2.24, 2.45) is 10.3 Å². The highest BCUT2D eigenvalue weighted by Crippen LogP contribution is 2.20. The lowest BCUT2D eigenvalue weighted by molar-refractivity contribution is 0.592. The van der Waals surface area contributed by atoms with E-state index in [-0.39, 0.29) is 10.3 Å². The number of nitrogens with two attached hydrogens (primary N) is 2. The smallest absolute Gasteiger partial charge is 0.231 e. The van der Waals surface area contributed by atoms with Crippen LogP contribution in [-0.2, 0) is 20.0 Å². The molecule has 0 saturated heterocycles. The van der Waals surface area contributed by atoms with Crippen LogP contribution in [0.25, 0.3) is 22.1 Å². The van der Waals surface area contributed by atoms with Crippen molar-refractivity contribution in [1.29, 1.82) is 0 Å². The molecular formula is C16H12Cl2N6O4S2. The van der Waals surface area contributed by atoms with E-state index in [9.17, 15) is 16.8 Å². The first-order valence-electron chi connectivity index (χ1n) is 7.87. The van der Waals surface area contributed by atoms with E-state index >= 15 is 0 Å². The van der Waals surface area contributed by atoms with Crippen molar-refractivity contribution in [3.05, 3.63) is 58.8 Å². The van der Waals surface area contributed by atoms with Crippen molar-refractivity contribution in [3.63, 3.8) is 0 Å². The maximum absolute atomic E-state index is 11.1. The third-order valence-corrected chi connectivity index (χ3v) is 5.94. The quantitative estimate of drug-likeness (QED) is 0.431. The summed E-state index contributed by atoms with van der Waals surface area (Å²) in [6, 6.07) is 13.6. The topological polar surface area (TPSA) is 172 Å². The Morgan fingerprint density at radius 2 is 0.833 bits per heavy atom. The van der Waals surface area contributed by atoms with Crippen LogP contribution in [0.5, 0.6) is 0 Å². The Balaban J connectivity index is 0.000000171. The Labute approximate surface area is 181 Å². The Morgan fingerprint density at radius 1 is 0.567 bits per heavy atom. The molecule has 4 N–H and O–H groups in total. The SMILES string of the molecule is NS(=O)(=O)c1nc2ccccc2nc1Cl.NS(=O)(=O)c1nc2ccccc2nc1Cl. The van der Waals surface area contributed by atoms with Crippen molar-refractivity contribution < 1.29 is 16.8 Å². The van der Waals surface area contributed by atoms with E-state index in [0.717, 1.165) is 0 Å². The molecule has 0 fully saturated rings. The third-order valence-electron chi connectivity index (χ3n) is 3.54. The highest BCUT2D eigenvalue weighted by molar-refractivity contribution is 7.89. The molecule has 0 radical (unpaired) electrons. The largest absolute Gasteiger partial charge is 0.258 e. The number of benzene rings is 2. The predicted octanol–water partition coefficient (Wildman–Crippen LogP) is 1.86. The normalized spacial score (nSPS) is 11.9. The maximum Gasteiger partial charge on any atom is 0.258 e. The number of primary sulfonamides is 2. The van der Waals surface area contributed by atoms with Gasteiger partial charge in [-0.25, -0.2) is 47.0 Å². The minimum atomic E-state index is -3.93. The van der Waals surface area contributed by atoms with Gasteiger partial charge in [0.25, 0.3) is 20.0 Å². The molecule has 2 heterocycles. The van der Waals surface area contributed by atoms with E-state index in [4.69, 9.17) is 33.5 Å². The van der Waals surface area contributed by atoms with Gasteiger partial charge in [-0.05, 0) is 24.3 Å². The fourth-order valence-electron chi connectivity index (χ4n) is 2.29. The van der Waals surface area contributed by atoms with Crippen LogP contribution in [0.3, 0.4) is 0 Å². The summed E-state index contributed by atoms with van der Waals surface area (Å²) in [6.45, 7) is 0. The van der Waals surface area contributed by atoms with Crippen molar-refractivity contribution in [1.82, 2.24) is 19.9 Å². The summed E-state index contributed by atoms with van der Waals surface area (Å²) in [5.41, 5.74) is 1.92. The average molecular weight is 487 g/mol. The third kappa shape index (κ3) is 4.98. The van der Waals surface area contributed by atoms with E-state index in [1.807, 2.05) is 0 Å². The molecule has 156 valence electrons. The number of para-hydroxylation sites is 4. The fraction of sp³-hybridized carbons (Fsp3) is 0. The van der Waals surface area contributed by atoms with Crippen molar-refractivity contribution in [2.75, 3.05) is 0 Å². The zero-order chi connectivity index (χ0) is 22.1. The number of hydrogen-bond donors (Lipinski definition) is 2. The molecule has 0 atom stereocenters. The van der Waals surface area contributed by atoms with Gasteiger partial charge in [-0.2, -0.15) is 0 Å². The lowest BCUT2D eigenvalue weighted by Gasteiger charge is -2.01. The zero-order valence-electron chi connectivity index (χ0n) is 14.8. The lowest BCUT2D eigenvalue weighted by Crippen LogP contribution is -2.15. The van der Waals surface area contributed by atoms with Crippen molar-refractivity contribution in [3.8, 4) is 0 Å². The summed E-state index contributed by atoms with van der Waals surface area (Å²) in [5, 5.41) is 8.64. The number of aromatic nitrogens is 4. The molecule has 2 aromatic heterocycles. The molecule has 0 aliphatic heterocycles. The number of halogens is 2. The number of rotatable bonds is 2. The molecule has 0 unspecified atom stereocenters. The number of nitrogens with zero attached hydrogens (tertiary/aromatic N) is 4. The van der Waals surface area contributed by atoms with Gasteiger partial charge in [0.15, 0.2) is 10.3 Å². The Kier molecular flexibility index (Phi) is 6.17. The molecule has 0 bridgehead atoms. The Hall–Kier alpha value is -2.48. The summed E-state index contributed by atoms with van der Waals surface area (Å²) in [4.78, 5) is 15.4. The van der Waals surface area contributed by atoms with E-state index < -0.39 is 30.1 Å². The first-order valence-corrected chi connectivity index (χ1v) is 11.7. The summed E-state index contributed by atoms with van der Waals surface area (Å²) >= 11 is 11.3. The van der Waals surface area contributed by atoms with Crippen LogP contribution in [0.15, 0.2) is 58.6 Å². The molecule has 0 spiro atoms. The van der Waals surface area contributed by atoms with Gasteiger partial charge in [0.2, 0.25) is 10.1 Å². The summed E-state index contributed by atoms with van der Waals surface area (Å²) in [6.07, 6.45) is 0. The van der Waals surface area contributed by atoms with Gasteiger partial charge in [0.05, 0.1) is 22.1 Å². The summed E-state index contributed by atoms with van der Waals surface area (Å²) in [7, 11) is -7.86. The molecule has 30 heavy (non-hydrogen) atoms. The predicted molar refractivity (Wildman–Crippen MR) is 112 cm³/mol. The van der Waals surface area contributed by atoms with Crippen LogP contribution in [0.1, 0.15) is 0 Å². The van der Waals surface area contributed by atoms with Crippen LogP contribution >= 0.6 is 23.2 Å². The van der Waals surface area contributed by atoms with Gasteiger partial charge in [0.1, 0.15) is 0 Å². The average Bonchev–Trinajstić information content (AvgIpc) is 2.65. The zero-order valence-corrected chi connectivity index (χ0v) is 17.9. The second-order valence-corrected chi connectivity index (χ2v) is 9.38. The monoisotopic (exact) mass is 486 g/mol. The second-order valence-electron chi connectivity index (χ2n) is 5.71. The molecule has 0 saturated carbocycles. The molecule has 0 aliphatic rings. The Bertz CT molecular complexity index is 1370. The van der Waals surface area contributed by atoms with Crippen molar-refractivity contribution >= 4 is 65.3 Å². The number of sulfonamides is 2. The van der Waals surface area contributed by atoms with Crippen molar-refractivity contribution in [2.45, 2.75) is 10.1 Å². The van der Waals surface area contributed by atoms with Crippen LogP contribution in [0, 0.1) is 0 Å². The molecular weight excluding hydrogens is 475 g/mol. The van der Waals surface area contributed by atoms with E-state index in [1.54, 1.807) is 48.5 Å². The standard InChI is InChI=1S/2C8H6ClN3O2S/c2*9-7-8(15(10,13)14)12-6-4-2-1-3-5(6)11-7/h2*1-4H,(H2,10,13,14).